The van der Waals surface area contributed by atoms with Crippen LogP contribution in [0.1, 0.15) is 54.3 Å². The summed E-state index contributed by atoms with van der Waals surface area (Å²) in [5, 5.41) is 7.08. The first-order valence-electron chi connectivity index (χ1n) is 7.97. The summed E-state index contributed by atoms with van der Waals surface area (Å²) in [5.41, 5.74) is 2.29. The maximum Gasteiger partial charge on any atom is 0.272 e. The third-order valence-corrected chi connectivity index (χ3v) is 3.75. The van der Waals surface area contributed by atoms with Crippen LogP contribution in [0.15, 0.2) is 41.2 Å². The van der Waals surface area contributed by atoms with Crippen molar-refractivity contribution in [3.63, 3.8) is 0 Å². The van der Waals surface area contributed by atoms with E-state index in [0.29, 0.717) is 6.54 Å². The minimum atomic E-state index is -0.275. The Morgan fingerprint density at radius 2 is 1.91 bits per heavy atom. The normalized spacial score (nSPS) is 12.0. The molecule has 0 saturated heterocycles. The zero-order valence-electron chi connectivity index (χ0n) is 13.9. The minimum absolute atomic E-state index is 0.124. The molecule has 0 radical (unpaired) electrons. The Balaban J connectivity index is 2.10. The number of rotatable bonds is 6. The molecule has 0 aliphatic heterocycles. The summed E-state index contributed by atoms with van der Waals surface area (Å²) in [5.74, 6) is -0.275. The van der Waals surface area contributed by atoms with Crippen molar-refractivity contribution >= 4 is 5.91 Å². The van der Waals surface area contributed by atoms with Crippen LogP contribution in [0.2, 0.25) is 0 Å². The molecule has 0 saturated carbocycles. The summed E-state index contributed by atoms with van der Waals surface area (Å²) in [6.45, 7) is 6.53. The number of amides is 1. The summed E-state index contributed by atoms with van der Waals surface area (Å²) < 4.78 is 1.36. The molecule has 0 spiro atoms. The van der Waals surface area contributed by atoms with E-state index in [-0.39, 0.29) is 23.2 Å². The van der Waals surface area contributed by atoms with Gasteiger partial charge in [0.05, 0.1) is 6.04 Å². The Hall–Kier alpha value is -2.43. The molecule has 1 unspecified atom stereocenters. The van der Waals surface area contributed by atoms with Gasteiger partial charge in [0.25, 0.3) is 11.5 Å². The fourth-order valence-electron chi connectivity index (χ4n) is 2.25. The van der Waals surface area contributed by atoms with Gasteiger partial charge in [-0.15, -0.1) is 0 Å². The monoisotopic (exact) mass is 313 g/mol. The number of nitrogens with one attached hydrogen (secondary N) is 1. The van der Waals surface area contributed by atoms with E-state index in [0.717, 1.165) is 18.4 Å². The smallest absolute Gasteiger partial charge is 0.272 e. The van der Waals surface area contributed by atoms with Crippen LogP contribution >= 0.6 is 0 Å². The van der Waals surface area contributed by atoms with Crippen LogP contribution in [0.3, 0.4) is 0 Å². The molecule has 1 N–H and O–H groups in total. The highest BCUT2D eigenvalue weighted by molar-refractivity contribution is 5.92. The van der Waals surface area contributed by atoms with Crippen molar-refractivity contribution in [3.05, 3.63) is 63.6 Å². The second kappa shape index (κ2) is 7.72. The molecule has 1 amide bonds. The molecule has 0 aliphatic carbocycles. The Morgan fingerprint density at radius 1 is 1.22 bits per heavy atom. The van der Waals surface area contributed by atoms with Crippen molar-refractivity contribution in [2.75, 3.05) is 0 Å². The lowest BCUT2D eigenvalue weighted by Crippen LogP contribution is -2.31. The Labute approximate surface area is 136 Å². The van der Waals surface area contributed by atoms with Crippen molar-refractivity contribution < 1.29 is 4.79 Å². The number of hydrogen-bond acceptors (Lipinski definition) is 3. The topological polar surface area (TPSA) is 64.0 Å². The number of hydrogen-bond donors (Lipinski definition) is 1. The zero-order valence-corrected chi connectivity index (χ0v) is 13.9. The molecule has 0 fully saturated rings. The lowest BCUT2D eigenvalue weighted by atomic mass is 10.1. The van der Waals surface area contributed by atoms with Crippen molar-refractivity contribution in [1.82, 2.24) is 15.1 Å². The fourth-order valence-corrected chi connectivity index (χ4v) is 2.25. The number of nitrogens with zero attached hydrogens (tertiary/aromatic N) is 2. The van der Waals surface area contributed by atoms with Crippen LogP contribution in [-0.2, 0) is 6.54 Å². The molecule has 1 heterocycles. The van der Waals surface area contributed by atoms with E-state index in [2.05, 4.69) is 10.4 Å². The van der Waals surface area contributed by atoms with Gasteiger partial charge in [0.1, 0.15) is 5.69 Å². The van der Waals surface area contributed by atoms with Gasteiger partial charge < -0.3 is 5.32 Å². The predicted molar refractivity (Wildman–Crippen MR) is 90.5 cm³/mol. The second-order valence-electron chi connectivity index (χ2n) is 5.74. The van der Waals surface area contributed by atoms with E-state index in [1.165, 1.54) is 22.4 Å². The summed E-state index contributed by atoms with van der Waals surface area (Å²) in [6, 6.07) is 10.8. The van der Waals surface area contributed by atoms with Crippen molar-refractivity contribution in [1.29, 1.82) is 0 Å². The zero-order chi connectivity index (χ0) is 16.8. The number of benzene rings is 1. The van der Waals surface area contributed by atoms with E-state index in [4.69, 9.17) is 0 Å². The average molecular weight is 313 g/mol. The first-order valence-corrected chi connectivity index (χ1v) is 7.97. The maximum absolute atomic E-state index is 12.3. The molecule has 1 aromatic carbocycles. The molecule has 0 bridgehead atoms. The van der Waals surface area contributed by atoms with E-state index in [1.54, 1.807) is 0 Å². The summed E-state index contributed by atoms with van der Waals surface area (Å²) in [7, 11) is 0. The molecule has 0 aliphatic rings. The number of carbonyl (C=O) groups is 1. The third-order valence-electron chi connectivity index (χ3n) is 3.75. The van der Waals surface area contributed by atoms with Crippen LogP contribution < -0.4 is 10.9 Å². The van der Waals surface area contributed by atoms with Gasteiger partial charge in [-0.25, -0.2) is 4.68 Å². The summed E-state index contributed by atoms with van der Waals surface area (Å²) >= 11 is 0. The molecule has 1 aromatic heterocycles. The minimum Gasteiger partial charge on any atom is -0.344 e. The molecule has 122 valence electrons. The Bertz CT molecular complexity index is 720. The predicted octanol–water partition coefficient (Wildman–Crippen LogP) is 2.84. The number of unbranched alkanes of at least 4 members (excludes halogenated alkanes) is 1. The summed E-state index contributed by atoms with van der Waals surface area (Å²) in [4.78, 5) is 24.1. The largest absolute Gasteiger partial charge is 0.344 e. The van der Waals surface area contributed by atoms with Gasteiger partial charge in [0.2, 0.25) is 0 Å². The van der Waals surface area contributed by atoms with Gasteiger partial charge in [0, 0.05) is 12.6 Å². The van der Waals surface area contributed by atoms with E-state index in [9.17, 15) is 9.59 Å². The highest BCUT2D eigenvalue weighted by Crippen LogP contribution is 2.13. The second-order valence-corrected chi connectivity index (χ2v) is 5.74. The van der Waals surface area contributed by atoms with Gasteiger partial charge >= 0.3 is 0 Å². The van der Waals surface area contributed by atoms with E-state index < -0.39 is 0 Å². The fraction of sp³-hybridized carbons (Fsp3) is 0.389. The molecule has 1 atom stereocenters. The molecule has 23 heavy (non-hydrogen) atoms. The van der Waals surface area contributed by atoms with Crippen molar-refractivity contribution in [3.8, 4) is 0 Å². The molecular weight excluding hydrogens is 290 g/mol. The first-order chi connectivity index (χ1) is 11.0. The van der Waals surface area contributed by atoms with Crippen LogP contribution in [0.4, 0.5) is 0 Å². The number of carbonyl (C=O) groups excluding carboxylic acids is 1. The molecule has 5 nitrogen and oxygen atoms in total. The lowest BCUT2D eigenvalue weighted by molar-refractivity contribution is 0.0932. The SMILES string of the molecule is CCCCn1nc(C(=O)NC(C)c2ccc(C)cc2)ccc1=O. The third kappa shape index (κ3) is 4.52. The first kappa shape index (κ1) is 16.9. The standard InChI is InChI=1S/C18H23N3O2/c1-4-5-12-21-17(22)11-10-16(20-21)18(23)19-14(3)15-8-6-13(2)7-9-15/h6-11,14H,4-5,12H2,1-3H3,(H,19,23). The van der Waals surface area contributed by atoms with Crippen LogP contribution in [-0.4, -0.2) is 15.7 Å². The quantitative estimate of drug-likeness (QED) is 0.892. The molecule has 2 rings (SSSR count). The maximum atomic E-state index is 12.3. The van der Waals surface area contributed by atoms with Crippen LogP contribution in [0.25, 0.3) is 0 Å². The number of aromatic nitrogens is 2. The summed E-state index contributed by atoms with van der Waals surface area (Å²) in [6.07, 6.45) is 1.83. The van der Waals surface area contributed by atoms with Gasteiger partial charge in [-0.3, -0.25) is 9.59 Å². The Kier molecular flexibility index (Phi) is 5.68. The van der Waals surface area contributed by atoms with Crippen LogP contribution in [0, 0.1) is 6.92 Å². The van der Waals surface area contributed by atoms with Gasteiger partial charge in [-0.05, 0) is 31.9 Å². The number of aryl methyl sites for hydroxylation is 2. The average Bonchev–Trinajstić information content (AvgIpc) is 2.54. The lowest BCUT2D eigenvalue weighted by Gasteiger charge is -2.14. The van der Waals surface area contributed by atoms with Crippen LogP contribution in [0.5, 0.6) is 0 Å². The van der Waals surface area contributed by atoms with Crippen molar-refractivity contribution in [2.24, 2.45) is 0 Å². The molecular formula is C18H23N3O2. The van der Waals surface area contributed by atoms with Crippen molar-refractivity contribution in [2.45, 2.75) is 46.2 Å². The van der Waals surface area contributed by atoms with Gasteiger partial charge in [-0.2, -0.15) is 5.10 Å². The Morgan fingerprint density at radius 3 is 2.57 bits per heavy atom. The highest BCUT2D eigenvalue weighted by atomic mass is 16.2. The highest BCUT2D eigenvalue weighted by Gasteiger charge is 2.13. The molecule has 5 heteroatoms. The van der Waals surface area contributed by atoms with E-state index in [1.807, 2.05) is 45.0 Å². The van der Waals surface area contributed by atoms with E-state index >= 15 is 0 Å². The van der Waals surface area contributed by atoms with Gasteiger partial charge in [-0.1, -0.05) is 43.2 Å². The van der Waals surface area contributed by atoms with Gasteiger partial charge in [0.15, 0.2) is 0 Å². The molecule has 2 aromatic rings.